The Hall–Kier alpha value is -1.05. The first-order valence-corrected chi connectivity index (χ1v) is 11.2. The third kappa shape index (κ3) is 5.93. The van der Waals surface area contributed by atoms with Gasteiger partial charge in [0.05, 0.1) is 18.8 Å². The van der Waals surface area contributed by atoms with Gasteiger partial charge in [-0.25, -0.2) is 0 Å². The Morgan fingerprint density at radius 2 is 1.14 bits per heavy atom. The average molecular weight is 514 g/mol. The highest BCUT2D eigenvalue weighted by Gasteiger charge is 2.54. The van der Waals surface area contributed by atoms with Gasteiger partial charge in [-0.2, -0.15) is 0 Å². The van der Waals surface area contributed by atoms with Crippen molar-refractivity contribution in [3.63, 3.8) is 0 Å². The van der Waals surface area contributed by atoms with Gasteiger partial charge in [-0.05, 0) is 13.8 Å². The molecular formula is C20H34O15. The third-order valence-electron chi connectivity index (χ3n) is 6.29. The monoisotopic (exact) mass is 514 g/mol. The molecule has 3 heterocycles. The molecule has 15 heteroatoms. The van der Waals surface area contributed by atoms with Gasteiger partial charge in [0.2, 0.25) is 0 Å². The van der Waals surface area contributed by atoms with E-state index in [4.69, 9.17) is 28.4 Å². The lowest BCUT2D eigenvalue weighted by Crippen LogP contribution is -2.66. The summed E-state index contributed by atoms with van der Waals surface area (Å²) in [6.45, 7) is 3.12. The summed E-state index contributed by atoms with van der Waals surface area (Å²) < 4.78 is 32.7. The number of hydrogen-bond acceptors (Lipinski definition) is 15. The highest BCUT2D eigenvalue weighted by molar-refractivity contribution is 5.66. The lowest BCUT2D eigenvalue weighted by atomic mass is 9.96. The Balaban J connectivity index is 1.86. The number of rotatable bonds is 6. The van der Waals surface area contributed by atoms with Gasteiger partial charge in [-0.3, -0.25) is 4.79 Å². The van der Waals surface area contributed by atoms with E-state index in [9.17, 15) is 45.6 Å². The first kappa shape index (κ1) is 28.5. The van der Waals surface area contributed by atoms with Crippen LogP contribution in [0.25, 0.3) is 0 Å². The largest absolute Gasteiger partial charge is 0.457 e. The molecule has 3 fully saturated rings. The molecule has 35 heavy (non-hydrogen) atoms. The SMILES string of the molecule is CC(=O)O[C@@H]1[C@@H](O[C@@H]2O[C@@H](C)[C@H](O)[C@@H](O)[C@H]2O)[C@H](O)O[C@H](CO)[C@H]1O[C@@H]1O[C@@H](C)[C@H](O)[C@@H](O)[C@H]1O. The summed E-state index contributed by atoms with van der Waals surface area (Å²) in [6.07, 6.45) is -22.6. The summed E-state index contributed by atoms with van der Waals surface area (Å²) in [5.74, 6) is -0.856. The topological polar surface area (TPSA) is 234 Å². The minimum atomic E-state index is -1.85. The van der Waals surface area contributed by atoms with Gasteiger partial charge in [0.1, 0.15) is 48.8 Å². The maximum Gasteiger partial charge on any atom is 0.303 e. The van der Waals surface area contributed by atoms with Crippen LogP contribution in [0.5, 0.6) is 0 Å². The van der Waals surface area contributed by atoms with E-state index in [2.05, 4.69) is 0 Å². The molecule has 15 atom stereocenters. The smallest absolute Gasteiger partial charge is 0.303 e. The van der Waals surface area contributed by atoms with Gasteiger partial charge in [0, 0.05) is 6.92 Å². The summed E-state index contributed by atoms with van der Waals surface area (Å²) >= 11 is 0. The average Bonchev–Trinajstić information content (AvgIpc) is 2.80. The molecule has 0 spiro atoms. The van der Waals surface area contributed by atoms with Crippen molar-refractivity contribution in [3.05, 3.63) is 0 Å². The molecule has 3 aliphatic rings. The van der Waals surface area contributed by atoms with Gasteiger partial charge in [-0.15, -0.1) is 0 Å². The lowest BCUT2D eigenvalue weighted by Gasteiger charge is -2.48. The Bertz CT molecular complexity index is 710. The molecule has 0 aromatic carbocycles. The van der Waals surface area contributed by atoms with E-state index in [1.807, 2.05) is 0 Å². The number of esters is 1. The van der Waals surface area contributed by atoms with Gasteiger partial charge >= 0.3 is 5.97 Å². The zero-order valence-electron chi connectivity index (χ0n) is 19.3. The van der Waals surface area contributed by atoms with Crippen LogP contribution in [0.2, 0.25) is 0 Å². The van der Waals surface area contributed by atoms with Crippen LogP contribution in [0, 0.1) is 0 Å². The van der Waals surface area contributed by atoms with E-state index in [0.717, 1.165) is 6.92 Å². The molecule has 15 nitrogen and oxygen atoms in total. The summed E-state index contributed by atoms with van der Waals surface area (Å²) in [7, 11) is 0. The molecule has 0 bridgehead atoms. The molecule has 3 aliphatic heterocycles. The van der Waals surface area contributed by atoms with E-state index >= 15 is 0 Å². The molecule has 3 saturated heterocycles. The summed E-state index contributed by atoms with van der Waals surface area (Å²) in [5.41, 5.74) is 0. The molecule has 0 radical (unpaired) electrons. The maximum absolute atomic E-state index is 11.9. The second-order valence-corrected chi connectivity index (χ2v) is 8.89. The fourth-order valence-electron chi connectivity index (χ4n) is 4.24. The predicted octanol–water partition coefficient (Wildman–Crippen LogP) is -4.95. The van der Waals surface area contributed by atoms with Crippen molar-refractivity contribution in [2.45, 2.75) is 113 Å². The molecule has 0 unspecified atom stereocenters. The van der Waals surface area contributed by atoms with Gasteiger partial charge < -0.3 is 69.3 Å². The number of hydrogen-bond donors (Lipinski definition) is 8. The van der Waals surface area contributed by atoms with Crippen molar-refractivity contribution in [1.29, 1.82) is 0 Å². The molecule has 0 aromatic rings. The first-order chi connectivity index (χ1) is 16.4. The number of aliphatic hydroxyl groups excluding tert-OH is 8. The first-order valence-electron chi connectivity index (χ1n) is 11.2. The zero-order valence-corrected chi connectivity index (χ0v) is 19.3. The summed E-state index contributed by atoms with van der Waals surface area (Å²) in [4.78, 5) is 11.9. The second kappa shape index (κ2) is 11.6. The highest BCUT2D eigenvalue weighted by atomic mass is 16.8. The van der Waals surface area contributed by atoms with Crippen LogP contribution in [0.1, 0.15) is 20.8 Å². The van der Waals surface area contributed by atoms with Gasteiger partial charge in [0.25, 0.3) is 0 Å². The standard InChI is InChI=1S/C20H34O15/c1-5-9(23)11(25)13(27)19(30-5)34-15-8(4-21)33-18(29)17(16(15)32-7(3)22)35-20-14(28)12(26)10(24)6(2)31-20/h5-6,8-21,23-29H,4H2,1-3H3/t5-,6-,8+,9-,10-,11+,12+,13+,14+,15+,16-,17+,18+,19-,20-/m0/s1. The molecule has 8 N–H and O–H groups in total. The third-order valence-corrected chi connectivity index (χ3v) is 6.29. The summed E-state index contributed by atoms with van der Waals surface area (Å²) in [6, 6.07) is 0. The minimum absolute atomic E-state index is 0.750. The van der Waals surface area contributed by atoms with Crippen molar-refractivity contribution < 1.29 is 74.1 Å². The maximum atomic E-state index is 11.9. The number of aliphatic hydroxyl groups is 8. The van der Waals surface area contributed by atoms with Crippen LogP contribution >= 0.6 is 0 Å². The van der Waals surface area contributed by atoms with Crippen LogP contribution < -0.4 is 0 Å². The Morgan fingerprint density at radius 1 is 0.686 bits per heavy atom. The zero-order chi connectivity index (χ0) is 26.2. The molecule has 0 saturated carbocycles. The molecule has 0 amide bonds. The number of carbonyl (C=O) groups excluding carboxylic acids is 1. The van der Waals surface area contributed by atoms with Crippen LogP contribution in [0.4, 0.5) is 0 Å². The lowest BCUT2D eigenvalue weighted by molar-refractivity contribution is -0.380. The Kier molecular flexibility index (Phi) is 9.42. The summed E-state index contributed by atoms with van der Waals surface area (Å²) in [5, 5.41) is 80.9. The fourth-order valence-corrected chi connectivity index (χ4v) is 4.24. The number of ether oxygens (including phenoxy) is 6. The van der Waals surface area contributed by atoms with E-state index in [1.54, 1.807) is 0 Å². The normalized spacial score (nSPS) is 51.1. The molecule has 0 aromatic heterocycles. The van der Waals surface area contributed by atoms with Crippen LogP contribution in [0.15, 0.2) is 0 Å². The van der Waals surface area contributed by atoms with Crippen LogP contribution in [-0.2, 0) is 33.2 Å². The van der Waals surface area contributed by atoms with E-state index < -0.39 is 105 Å². The fraction of sp³-hybridized carbons (Fsp3) is 0.950. The van der Waals surface area contributed by atoms with Gasteiger partial charge in [-0.1, -0.05) is 0 Å². The van der Waals surface area contributed by atoms with Crippen molar-refractivity contribution in [3.8, 4) is 0 Å². The van der Waals surface area contributed by atoms with Crippen molar-refractivity contribution >= 4 is 5.97 Å². The Morgan fingerprint density at radius 3 is 1.57 bits per heavy atom. The van der Waals surface area contributed by atoms with E-state index in [1.165, 1.54) is 13.8 Å². The van der Waals surface area contributed by atoms with E-state index in [-0.39, 0.29) is 0 Å². The molecular weight excluding hydrogens is 480 g/mol. The van der Waals surface area contributed by atoms with Crippen LogP contribution in [0.3, 0.4) is 0 Å². The van der Waals surface area contributed by atoms with Gasteiger partial charge in [0.15, 0.2) is 31.1 Å². The quantitative estimate of drug-likeness (QED) is 0.155. The number of carbonyl (C=O) groups is 1. The second-order valence-electron chi connectivity index (χ2n) is 8.89. The van der Waals surface area contributed by atoms with Crippen molar-refractivity contribution in [2.24, 2.45) is 0 Å². The molecule has 0 aliphatic carbocycles. The van der Waals surface area contributed by atoms with Crippen LogP contribution in [-0.4, -0.2) is 146 Å². The molecule has 204 valence electrons. The highest BCUT2D eigenvalue weighted by Crippen LogP contribution is 2.33. The Labute approximate surface area is 200 Å². The van der Waals surface area contributed by atoms with Crippen molar-refractivity contribution in [1.82, 2.24) is 0 Å². The minimum Gasteiger partial charge on any atom is -0.457 e. The predicted molar refractivity (Wildman–Crippen MR) is 108 cm³/mol. The molecule has 3 rings (SSSR count). The van der Waals surface area contributed by atoms with E-state index in [0.29, 0.717) is 0 Å². The van der Waals surface area contributed by atoms with Crippen molar-refractivity contribution in [2.75, 3.05) is 6.61 Å².